The number of rotatable bonds is 3. The first kappa shape index (κ1) is 8.11. The number of hydrogen-bond acceptors (Lipinski definition) is 3. The summed E-state index contributed by atoms with van der Waals surface area (Å²) in [5.74, 6) is 0. The summed E-state index contributed by atoms with van der Waals surface area (Å²) in [6.45, 7) is 1.29. The molecule has 0 heterocycles. The van der Waals surface area contributed by atoms with Crippen molar-refractivity contribution in [3.05, 3.63) is 0 Å². The summed E-state index contributed by atoms with van der Waals surface area (Å²) in [5.41, 5.74) is 0. The lowest BCUT2D eigenvalue weighted by Crippen LogP contribution is -2.07. The molecule has 0 aliphatic heterocycles. The molecule has 0 aromatic rings. The van der Waals surface area contributed by atoms with Crippen LogP contribution in [0.5, 0.6) is 0 Å². The second-order valence-corrected chi connectivity index (χ2v) is 2.14. The van der Waals surface area contributed by atoms with Gasteiger partial charge in [0.05, 0.1) is 12.7 Å². The number of hydrogen-bond donors (Lipinski definition) is 2. The molecule has 5 heteroatoms. The van der Waals surface area contributed by atoms with Crippen molar-refractivity contribution in [1.29, 1.82) is 0 Å². The van der Waals surface area contributed by atoms with E-state index in [-0.39, 0.29) is 6.61 Å². The minimum Gasteiger partial charge on any atom is -0.394 e. The molecule has 0 rings (SSSR count). The molecule has 0 aromatic heterocycles. The van der Waals surface area contributed by atoms with Crippen LogP contribution in [-0.4, -0.2) is 22.7 Å². The molecule has 0 fully saturated rings. The quantitative estimate of drug-likeness (QED) is 0.531. The minimum atomic E-state index is -2.86. The SMILES string of the molecule is CC(CO)O[PH](=O)O. The van der Waals surface area contributed by atoms with Gasteiger partial charge < -0.3 is 14.5 Å². The zero-order chi connectivity index (χ0) is 6.57. The van der Waals surface area contributed by atoms with E-state index in [1.165, 1.54) is 6.92 Å². The summed E-state index contributed by atoms with van der Waals surface area (Å²) in [5, 5.41) is 8.22. The van der Waals surface area contributed by atoms with E-state index in [1.54, 1.807) is 0 Å². The van der Waals surface area contributed by atoms with E-state index in [9.17, 15) is 4.57 Å². The van der Waals surface area contributed by atoms with Crippen LogP contribution in [0.25, 0.3) is 0 Å². The Labute approximate surface area is 48.0 Å². The van der Waals surface area contributed by atoms with Crippen LogP contribution in [-0.2, 0) is 9.09 Å². The second kappa shape index (κ2) is 4.04. The van der Waals surface area contributed by atoms with E-state index in [1.807, 2.05) is 0 Å². The maximum absolute atomic E-state index is 9.82. The Morgan fingerprint density at radius 2 is 2.38 bits per heavy atom. The molecule has 8 heavy (non-hydrogen) atoms. The molecule has 2 atom stereocenters. The van der Waals surface area contributed by atoms with Crippen LogP contribution in [0.1, 0.15) is 6.92 Å². The predicted molar refractivity (Wildman–Crippen MR) is 28.9 cm³/mol. The van der Waals surface area contributed by atoms with Crippen molar-refractivity contribution in [2.45, 2.75) is 13.0 Å². The highest BCUT2D eigenvalue weighted by atomic mass is 31.1. The Bertz CT molecular complexity index is 83.4. The molecule has 2 unspecified atom stereocenters. The molecule has 0 saturated heterocycles. The van der Waals surface area contributed by atoms with E-state index < -0.39 is 14.4 Å². The van der Waals surface area contributed by atoms with Crippen molar-refractivity contribution >= 4 is 8.25 Å². The van der Waals surface area contributed by atoms with Gasteiger partial charge in [-0.3, -0.25) is 4.57 Å². The zero-order valence-corrected chi connectivity index (χ0v) is 5.50. The molecule has 0 radical (unpaired) electrons. The minimum absolute atomic E-state index is 0.225. The van der Waals surface area contributed by atoms with Gasteiger partial charge in [-0.1, -0.05) is 0 Å². The maximum Gasteiger partial charge on any atom is 0.316 e. The van der Waals surface area contributed by atoms with Crippen LogP contribution < -0.4 is 0 Å². The Kier molecular flexibility index (Phi) is 4.09. The van der Waals surface area contributed by atoms with Crippen LogP contribution in [0.15, 0.2) is 0 Å². The average molecular weight is 140 g/mol. The third-order valence-corrected chi connectivity index (χ3v) is 1.16. The third-order valence-electron chi connectivity index (χ3n) is 0.559. The van der Waals surface area contributed by atoms with Gasteiger partial charge in [-0.05, 0) is 6.92 Å². The predicted octanol–water partition coefficient (Wildman–Crippen LogP) is -0.234. The highest BCUT2D eigenvalue weighted by Crippen LogP contribution is 2.16. The normalized spacial score (nSPS) is 17.9. The van der Waals surface area contributed by atoms with Gasteiger partial charge in [-0.25, -0.2) is 0 Å². The molecule has 0 spiro atoms. The summed E-state index contributed by atoms with van der Waals surface area (Å²) in [7, 11) is -2.86. The second-order valence-electron chi connectivity index (χ2n) is 1.38. The molecule has 2 N–H and O–H groups in total. The summed E-state index contributed by atoms with van der Waals surface area (Å²) >= 11 is 0. The van der Waals surface area contributed by atoms with Gasteiger partial charge in [0.15, 0.2) is 0 Å². The fourth-order valence-corrected chi connectivity index (χ4v) is 0.628. The van der Waals surface area contributed by atoms with Gasteiger partial charge >= 0.3 is 8.25 Å². The highest BCUT2D eigenvalue weighted by Gasteiger charge is 2.00. The van der Waals surface area contributed by atoms with Crippen molar-refractivity contribution in [1.82, 2.24) is 0 Å². The van der Waals surface area contributed by atoms with Crippen molar-refractivity contribution in [3.8, 4) is 0 Å². The van der Waals surface area contributed by atoms with E-state index in [4.69, 9.17) is 10.00 Å². The van der Waals surface area contributed by atoms with Gasteiger partial charge in [0.1, 0.15) is 0 Å². The molecule has 0 aromatic carbocycles. The molecular weight excluding hydrogens is 131 g/mol. The molecule has 0 amide bonds. The van der Waals surface area contributed by atoms with Crippen LogP contribution in [0.2, 0.25) is 0 Å². The van der Waals surface area contributed by atoms with E-state index in [2.05, 4.69) is 4.52 Å². The smallest absolute Gasteiger partial charge is 0.316 e. The standard InChI is InChI=1S/C3H9O4P/c1-3(2-4)7-8(5)6/h3-4,8H,2H2,1H3,(H,5,6). The summed E-state index contributed by atoms with van der Waals surface area (Å²) in [6, 6.07) is 0. The Morgan fingerprint density at radius 3 is 2.50 bits per heavy atom. The summed E-state index contributed by atoms with van der Waals surface area (Å²) < 4.78 is 14.1. The van der Waals surface area contributed by atoms with Crippen molar-refractivity contribution in [3.63, 3.8) is 0 Å². The number of aliphatic hydroxyl groups excluding tert-OH is 1. The first-order valence-electron chi connectivity index (χ1n) is 2.17. The molecule has 0 aliphatic carbocycles. The van der Waals surface area contributed by atoms with E-state index in [0.29, 0.717) is 0 Å². The molecule has 0 aliphatic rings. The van der Waals surface area contributed by atoms with Crippen LogP contribution in [0.4, 0.5) is 0 Å². The monoisotopic (exact) mass is 140 g/mol. The summed E-state index contributed by atoms with van der Waals surface area (Å²) in [6.07, 6.45) is -0.536. The van der Waals surface area contributed by atoms with Gasteiger partial charge in [-0.2, -0.15) is 0 Å². The van der Waals surface area contributed by atoms with Crippen LogP contribution >= 0.6 is 8.25 Å². The lowest BCUT2D eigenvalue weighted by atomic mass is 10.5. The lowest BCUT2D eigenvalue weighted by molar-refractivity contribution is 0.124. The fraction of sp³-hybridized carbons (Fsp3) is 1.00. The fourth-order valence-electron chi connectivity index (χ4n) is 0.209. The van der Waals surface area contributed by atoms with Gasteiger partial charge in [0.25, 0.3) is 0 Å². The molecule has 4 nitrogen and oxygen atoms in total. The third kappa shape index (κ3) is 4.27. The molecule has 0 bridgehead atoms. The number of aliphatic hydroxyl groups is 1. The van der Waals surface area contributed by atoms with Crippen molar-refractivity contribution in [2.24, 2.45) is 0 Å². The van der Waals surface area contributed by atoms with Crippen LogP contribution in [0, 0.1) is 0 Å². The zero-order valence-electron chi connectivity index (χ0n) is 4.50. The van der Waals surface area contributed by atoms with Crippen molar-refractivity contribution in [2.75, 3.05) is 6.61 Å². The van der Waals surface area contributed by atoms with Crippen LogP contribution in [0.3, 0.4) is 0 Å². The Balaban J connectivity index is 3.24. The first-order valence-corrected chi connectivity index (χ1v) is 3.43. The summed E-state index contributed by atoms with van der Waals surface area (Å²) in [4.78, 5) is 8.07. The van der Waals surface area contributed by atoms with Crippen molar-refractivity contribution < 1.29 is 19.1 Å². The average Bonchev–Trinajstić information content (AvgIpc) is 1.65. The van der Waals surface area contributed by atoms with Gasteiger partial charge in [0, 0.05) is 0 Å². The topological polar surface area (TPSA) is 66.8 Å². The van der Waals surface area contributed by atoms with E-state index in [0.717, 1.165) is 0 Å². The molecular formula is C3H9O4P. The largest absolute Gasteiger partial charge is 0.394 e. The van der Waals surface area contributed by atoms with Gasteiger partial charge in [-0.15, -0.1) is 0 Å². The first-order chi connectivity index (χ1) is 3.66. The Hall–Kier alpha value is 0.110. The maximum atomic E-state index is 9.82. The Morgan fingerprint density at radius 1 is 1.88 bits per heavy atom. The van der Waals surface area contributed by atoms with E-state index >= 15 is 0 Å². The van der Waals surface area contributed by atoms with Gasteiger partial charge in [0.2, 0.25) is 0 Å². The lowest BCUT2D eigenvalue weighted by Gasteiger charge is -2.03. The highest BCUT2D eigenvalue weighted by molar-refractivity contribution is 7.32. The molecule has 50 valence electrons. The molecule has 0 saturated carbocycles.